The Morgan fingerprint density at radius 2 is 2.38 bits per heavy atom. The molecule has 1 fully saturated rings. The van der Waals surface area contributed by atoms with Gasteiger partial charge in [-0.05, 0) is 20.3 Å². The molecule has 1 rings (SSSR count). The van der Waals surface area contributed by atoms with E-state index in [-0.39, 0.29) is 5.60 Å². The van der Waals surface area contributed by atoms with Crippen LogP contribution in [0, 0.1) is 0 Å². The number of hydrogen-bond acceptors (Lipinski definition) is 2. The lowest BCUT2D eigenvalue weighted by molar-refractivity contribution is -0.104. The minimum atomic E-state index is 0.0511. The first-order valence-corrected chi connectivity index (χ1v) is 5.12. The fraction of sp³-hybridized carbons (Fsp3) is 0.818. The first-order chi connectivity index (χ1) is 6.11. The zero-order valence-electron chi connectivity index (χ0n) is 9.05. The van der Waals surface area contributed by atoms with Crippen LogP contribution in [0.2, 0.25) is 0 Å². The third-order valence-electron chi connectivity index (χ3n) is 3.03. The van der Waals surface area contributed by atoms with E-state index in [4.69, 9.17) is 4.74 Å². The summed E-state index contributed by atoms with van der Waals surface area (Å²) in [5, 5.41) is 0. The molecule has 0 saturated carbocycles. The molecule has 1 saturated heterocycles. The van der Waals surface area contributed by atoms with E-state index in [9.17, 15) is 0 Å². The normalized spacial score (nSPS) is 32.8. The van der Waals surface area contributed by atoms with E-state index in [2.05, 4.69) is 32.3 Å². The Morgan fingerprint density at radius 3 is 2.92 bits per heavy atom. The van der Waals surface area contributed by atoms with Gasteiger partial charge in [0.05, 0.1) is 12.2 Å². The van der Waals surface area contributed by atoms with Crippen LogP contribution in [0.5, 0.6) is 0 Å². The van der Waals surface area contributed by atoms with Gasteiger partial charge in [0.15, 0.2) is 0 Å². The molecule has 0 aromatic heterocycles. The smallest absolute Gasteiger partial charge is 0.0779 e. The SMILES string of the molecule is C=CC(C)N1CCOC(C)(CC)C1. The lowest BCUT2D eigenvalue weighted by Crippen LogP contribution is -2.52. The van der Waals surface area contributed by atoms with E-state index in [0.29, 0.717) is 6.04 Å². The van der Waals surface area contributed by atoms with Crippen molar-refractivity contribution < 1.29 is 4.74 Å². The fourth-order valence-corrected chi connectivity index (χ4v) is 1.67. The van der Waals surface area contributed by atoms with Crippen molar-refractivity contribution in [1.82, 2.24) is 4.90 Å². The Labute approximate surface area is 81.6 Å². The highest BCUT2D eigenvalue weighted by molar-refractivity contribution is 4.90. The first-order valence-electron chi connectivity index (χ1n) is 5.12. The zero-order chi connectivity index (χ0) is 9.90. The van der Waals surface area contributed by atoms with Crippen LogP contribution in [0.3, 0.4) is 0 Å². The average Bonchev–Trinajstić information content (AvgIpc) is 2.17. The van der Waals surface area contributed by atoms with Gasteiger partial charge in [0.25, 0.3) is 0 Å². The molecule has 0 bridgehead atoms. The predicted molar refractivity (Wildman–Crippen MR) is 55.9 cm³/mol. The van der Waals surface area contributed by atoms with Crippen LogP contribution >= 0.6 is 0 Å². The second-order valence-electron chi connectivity index (χ2n) is 4.10. The molecule has 2 unspecified atom stereocenters. The Balaban J connectivity index is 2.55. The van der Waals surface area contributed by atoms with E-state index < -0.39 is 0 Å². The summed E-state index contributed by atoms with van der Waals surface area (Å²) >= 11 is 0. The maximum Gasteiger partial charge on any atom is 0.0779 e. The number of hydrogen-bond donors (Lipinski definition) is 0. The van der Waals surface area contributed by atoms with Crippen LogP contribution in [-0.2, 0) is 4.74 Å². The van der Waals surface area contributed by atoms with Crippen LogP contribution in [0.1, 0.15) is 27.2 Å². The van der Waals surface area contributed by atoms with E-state index in [0.717, 1.165) is 26.1 Å². The standard InChI is InChI=1S/C11H21NO/c1-5-10(3)12-7-8-13-11(4,6-2)9-12/h5,10H,1,6-9H2,2-4H3. The lowest BCUT2D eigenvalue weighted by Gasteiger charge is -2.42. The summed E-state index contributed by atoms with van der Waals surface area (Å²) in [5.41, 5.74) is 0.0511. The van der Waals surface area contributed by atoms with Crippen LogP contribution in [-0.4, -0.2) is 36.2 Å². The monoisotopic (exact) mass is 183 g/mol. The van der Waals surface area contributed by atoms with Gasteiger partial charge in [-0.25, -0.2) is 0 Å². The highest BCUT2D eigenvalue weighted by Crippen LogP contribution is 2.22. The van der Waals surface area contributed by atoms with Gasteiger partial charge >= 0.3 is 0 Å². The molecule has 76 valence electrons. The molecule has 2 nitrogen and oxygen atoms in total. The number of ether oxygens (including phenoxy) is 1. The topological polar surface area (TPSA) is 12.5 Å². The van der Waals surface area contributed by atoms with Gasteiger partial charge < -0.3 is 4.74 Å². The number of nitrogens with zero attached hydrogens (tertiary/aromatic N) is 1. The molecule has 0 amide bonds. The quantitative estimate of drug-likeness (QED) is 0.621. The molecule has 0 radical (unpaired) electrons. The molecule has 1 heterocycles. The number of morpholine rings is 1. The maximum atomic E-state index is 5.76. The van der Waals surface area contributed by atoms with Crippen LogP contribution in [0.15, 0.2) is 12.7 Å². The van der Waals surface area contributed by atoms with Crippen molar-refractivity contribution in [2.75, 3.05) is 19.7 Å². The highest BCUT2D eigenvalue weighted by atomic mass is 16.5. The summed E-state index contributed by atoms with van der Waals surface area (Å²) < 4.78 is 5.76. The summed E-state index contributed by atoms with van der Waals surface area (Å²) in [4.78, 5) is 2.43. The van der Waals surface area contributed by atoms with E-state index in [1.807, 2.05) is 6.08 Å². The summed E-state index contributed by atoms with van der Waals surface area (Å²) in [6.45, 7) is 13.3. The Hall–Kier alpha value is -0.340. The predicted octanol–water partition coefficient (Wildman–Crippen LogP) is 2.06. The van der Waals surface area contributed by atoms with Crippen molar-refractivity contribution in [1.29, 1.82) is 0 Å². The Morgan fingerprint density at radius 1 is 1.69 bits per heavy atom. The summed E-state index contributed by atoms with van der Waals surface area (Å²) in [6, 6.07) is 0.467. The van der Waals surface area contributed by atoms with E-state index >= 15 is 0 Å². The summed E-state index contributed by atoms with van der Waals surface area (Å²) in [7, 11) is 0. The fourth-order valence-electron chi connectivity index (χ4n) is 1.67. The van der Waals surface area contributed by atoms with Crippen molar-refractivity contribution >= 4 is 0 Å². The third kappa shape index (κ3) is 2.55. The van der Waals surface area contributed by atoms with Gasteiger partial charge in [0, 0.05) is 19.1 Å². The molecule has 0 aliphatic carbocycles. The molecule has 0 aromatic carbocycles. The van der Waals surface area contributed by atoms with Crippen molar-refractivity contribution in [3.63, 3.8) is 0 Å². The molecular formula is C11H21NO. The Bertz CT molecular complexity index is 181. The van der Waals surface area contributed by atoms with Crippen LogP contribution in [0.4, 0.5) is 0 Å². The highest BCUT2D eigenvalue weighted by Gasteiger charge is 2.31. The van der Waals surface area contributed by atoms with Crippen LogP contribution < -0.4 is 0 Å². The lowest BCUT2D eigenvalue weighted by atomic mass is 10.00. The van der Waals surface area contributed by atoms with Gasteiger partial charge in [0.2, 0.25) is 0 Å². The molecule has 13 heavy (non-hydrogen) atoms. The van der Waals surface area contributed by atoms with Gasteiger partial charge in [0.1, 0.15) is 0 Å². The van der Waals surface area contributed by atoms with Gasteiger partial charge in [-0.15, -0.1) is 6.58 Å². The molecule has 0 N–H and O–H groups in total. The molecule has 1 aliphatic rings. The first kappa shape index (κ1) is 10.7. The van der Waals surface area contributed by atoms with Crippen molar-refractivity contribution in [2.24, 2.45) is 0 Å². The van der Waals surface area contributed by atoms with Gasteiger partial charge in [-0.2, -0.15) is 0 Å². The third-order valence-corrected chi connectivity index (χ3v) is 3.03. The van der Waals surface area contributed by atoms with Crippen molar-refractivity contribution in [2.45, 2.75) is 38.8 Å². The van der Waals surface area contributed by atoms with Crippen molar-refractivity contribution in [3.8, 4) is 0 Å². The molecule has 2 atom stereocenters. The van der Waals surface area contributed by atoms with Gasteiger partial charge in [-0.3, -0.25) is 4.90 Å². The second kappa shape index (κ2) is 4.25. The molecule has 1 aliphatic heterocycles. The minimum absolute atomic E-state index is 0.0511. The van der Waals surface area contributed by atoms with Gasteiger partial charge in [-0.1, -0.05) is 13.0 Å². The summed E-state index contributed by atoms with van der Waals surface area (Å²) in [6.07, 6.45) is 3.08. The molecule has 2 heteroatoms. The zero-order valence-corrected chi connectivity index (χ0v) is 9.05. The molecule has 0 spiro atoms. The Kier molecular flexibility index (Phi) is 3.51. The maximum absolute atomic E-state index is 5.76. The van der Waals surface area contributed by atoms with Crippen LogP contribution in [0.25, 0.3) is 0 Å². The van der Waals surface area contributed by atoms with Crippen molar-refractivity contribution in [3.05, 3.63) is 12.7 Å². The largest absolute Gasteiger partial charge is 0.373 e. The average molecular weight is 183 g/mol. The van der Waals surface area contributed by atoms with E-state index in [1.54, 1.807) is 0 Å². The number of rotatable bonds is 3. The summed E-state index contributed by atoms with van der Waals surface area (Å²) in [5.74, 6) is 0. The van der Waals surface area contributed by atoms with E-state index in [1.165, 1.54) is 0 Å². The minimum Gasteiger partial charge on any atom is -0.373 e. The second-order valence-corrected chi connectivity index (χ2v) is 4.10. The molecular weight excluding hydrogens is 162 g/mol. The molecule has 0 aromatic rings.